The SMILES string of the molecule is COc1ccccc1-c1cccc(C(=O)N[C@H](C)c2nnc(N)s2)c1. The van der Waals surface area contributed by atoms with Crippen molar-refractivity contribution in [1.82, 2.24) is 15.5 Å². The maximum absolute atomic E-state index is 12.6. The quantitative estimate of drug-likeness (QED) is 0.734. The topological polar surface area (TPSA) is 90.1 Å². The molecule has 7 heteroatoms. The second-order valence-corrected chi connectivity index (χ2v) is 6.50. The fourth-order valence-corrected chi connectivity index (χ4v) is 3.09. The molecule has 6 nitrogen and oxygen atoms in total. The van der Waals surface area contributed by atoms with Crippen LogP contribution in [0.5, 0.6) is 5.75 Å². The van der Waals surface area contributed by atoms with Crippen molar-refractivity contribution in [2.45, 2.75) is 13.0 Å². The summed E-state index contributed by atoms with van der Waals surface area (Å²) in [5.41, 5.74) is 8.00. The maximum Gasteiger partial charge on any atom is 0.251 e. The molecule has 1 atom stereocenters. The van der Waals surface area contributed by atoms with Gasteiger partial charge in [0.15, 0.2) is 0 Å². The second kappa shape index (κ2) is 7.31. The van der Waals surface area contributed by atoms with E-state index in [1.165, 1.54) is 11.3 Å². The molecule has 0 spiro atoms. The highest BCUT2D eigenvalue weighted by molar-refractivity contribution is 7.15. The normalized spacial score (nSPS) is 11.8. The van der Waals surface area contributed by atoms with Crippen molar-refractivity contribution in [1.29, 1.82) is 0 Å². The van der Waals surface area contributed by atoms with Gasteiger partial charge >= 0.3 is 0 Å². The van der Waals surface area contributed by atoms with Crippen molar-refractivity contribution in [3.05, 3.63) is 59.1 Å². The first kappa shape index (κ1) is 16.9. The number of carbonyl (C=O) groups is 1. The number of aromatic nitrogens is 2. The first-order valence-corrected chi connectivity index (χ1v) is 8.53. The number of benzene rings is 2. The first-order chi connectivity index (χ1) is 12.1. The summed E-state index contributed by atoms with van der Waals surface area (Å²) in [6, 6.07) is 14.8. The molecule has 0 unspecified atom stereocenters. The molecule has 1 amide bonds. The molecule has 0 saturated heterocycles. The number of nitrogens with two attached hydrogens (primary N) is 1. The summed E-state index contributed by atoms with van der Waals surface area (Å²) in [5, 5.41) is 11.7. The lowest BCUT2D eigenvalue weighted by molar-refractivity contribution is 0.0939. The largest absolute Gasteiger partial charge is 0.496 e. The molecule has 2 aromatic carbocycles. The molecule has 0 aliphatic rings. The number of nitrogens with one attached hydrogen (secondary N) is 1. The third-order valence-electron chi connectivity index (χ3n) is 3.72. The van der Waals surface area contributed by atoms with Crippen LogP contribution in [-0.2, 0) is 0 Å². The molecule has 3 N–H and O–H groups in total. The third-order valence-corrected chi connectivity index (χ3v) is 4.65. The van der Waals surface area contributed by atoms with Crippen LogP contribution in [0.4, 0.5) is 5.13 Å². The zero-order valence-corrected chi connectivity index (χ0v) is 14.7. The summed E-state index contributed by atoms with van der Waals surface area (Å²) >= 11 is 1.26. The molecule has 25 heavy (non-hydrogen) atoms. The van der Waals surface area contributed by atoms with E-state index in [1.54, 1.807) is 13.2 Å². The van der Waals surface area contributed by atoms with Gasteiger partial charge in [0, 0.05) is 11.1 Å². The van der Waals surface area contributed by atoms with Crippen molar-refractivity contribution in [2.24, 2.45) is 0 Å². The van der Waals surface area contributed by atoms with Crippen molar-refractivity contribution in [3.63, 3.8) is 0 Å². The zero-order valence-electron chi connectivity index (χ0n) is 13.9. The van der Waals surface area contributed by atoms with Gasteiger partial charge in [0.25, 0.3) is 5.91 Å². The molecule has 0 bridgehead atoms. The minimum Gasteiger partial charge on any atom is -0.496 e. The minimum absolute atomic E-state index is 0.182. The molecule has 0 saturated carbocycles. The highest BCUT2D eigenvalue weighted by Gasteiger charge is 2.16. The maximum atomic E-state index is 12.6. The predicted molar refractivity (Wildman–Crippen MR) is 98.6 cm³/mol. The van der Waals surface area contributed by atoms with Crippen molar-refractivity contribution >= 4 is 22.4 Å². The number of hydrogen-bond acceptors (Lipinski definition) is 6. The lowest BCUT2D eigenvalue weighted by Gasteiger charge is -2.12. The number of nitrogens with zero attached hydrogens (tertiary/aromatic N) is 2. The van der Waals surface area contributed by atoms with E-state index in [4.69, 9.17) is 10.5 Å². The second-order valence-electron chi connectivity index (χ2n) is 5.45. The Kier molecular flexibility index (Phi) is 4.95. The Labute approximate surface area is 149 Å². The Hall–Kier alpha value is -2.93. The van der Waals surface area contributed by atoms with Gasteiger partial charge in [-0.25, -0.2) is 0 Å². The number of amides is 1. The van der Waals surface area contributed by atoms with Crippen molar-refractivity contribution in [3.8, 4) is 16.9 Å². The Morgan fingerprint density at radius 1 is 1.20 bits per heavy atom. The molecule has 0 aliphatic heterocycles. The van der Waals surface area contributed by atoms with Crippen LogP contribution >= 0.6 is 11.3 Å². The smallest absolute Gasteiger partial charge is 0.251 e. The van der Waals surface area contributed by atoms with E-state index in [0.717, 1.165) is 16.9 Å². The van der Waals surface area contributed by atoms with Crippen LogP contribution in [-0.4, -0.2) is 23.2 Å². The van der Waals surface area contributed by atoms with Crippen LogP contribution in [0.15, 0.2) is 48.5 Å². The Morgan fingerprint density at radius 2 is 2.00 bits per heavy atom. The fourth-order valence-electron chi connectivity index (χ4n) is 2.47. The summed E-state index contributed by atoms with van der Waals surface area (Å²) in [6.45, 7) is 1.85. The highest BCUT2D eigenvalue weighted by atomic mass is 32.1. The van der Waals surface area contributed by atoms with Gasteiger partial charge in [-0.3, -0.25) is 4.79 Å². The molecule has 0 aliphatic carbocycles. The number of methoxy groups -OCH3 is 1. The van der Waals surface area contributed by atoms with E-state index >= 15 is 0 Å². The number of ether oxygens (including phenoxy) is 1. The summed E-state index contributed by atoms with van der Waals surface area (Å²) in [6.07, 6.45) is 0. The molecule has 1 heterocycles. The van der Waals surface area contributed by atoms with Gasteiger partial charge < -0.3 is 15.8 Å². The van der Waals surface area contributed by atoms with Gasteiger partial charge in [0.1, 0.15) is 10.8 Å². The lowest BCUT2D eigenvalue weighted by atomic mass is 10.0. The van der Waals surface area contributed by atoms with E-state index in [1.807, 2.05) is 49.4 Å². The van der Waals surface area contributed by atoms with E-state index in [9.17, 15) is 4.79 Å². The molecular weight excluding hydrogens is 336 g/mol. The molecule has 128 valence electrons. The van der Waals surface area contributed by atoms with Gasteiger partial charge in [-0.2, -0.15) is 0 Å². The van der Waals surface area contributed by atoms with Crippen LogP contribution in [0.25, 0.3) is 11.1 Å². The predicted octanol–water partition coefficient (Wildman–Crippen LogP) is 3.29. The molecule has 3 aromatic rings. The van der Waals surface area contributed by atoms with Gasteiger partial charge in [0.05, 0.1) is 13.2 Å². The molecule has 3 rings (SSSR count). The monoisotopic (exact) mass is 354 g/mol. The number of nitrogen functional groups attached to an aromatic ring is 1. The van der Waals surface area contributed by atoms with E-state index < -0.39 is 0 Å². The van der Waals surface area contributed by atoms with Crippen LogP contribution in [0.3, 0.4) is 0 Å². The molecular formula is C18H18N4O2S. The summed E-state index contributed by atoms with van der Waals surface area (Å²) in [5.74, 6) is 0.579. The first-order valence-electron chi connectivity index (χ1n) is 7.71. The molecule has 0 fully saturated rings. The van der Waals surface area contributed by atoms with E-state index in [2.05, 4.69) is 15.5 Å². The van der Waals surface area contributed by atoms with Gasteiger partial charge in [-0.05, 0) is 30.7 Å². The third kappa shape index (κ3) is 3.77. The van der Waals surface area contributed by atoms with Gasteiger partial charge in [-0.15, -0.1) is 10.2 Å². The van der Waals surface area contributed by atoms with Crippen LogP contribution < -0.4 is 15.8 Å². The highest BCUT2D eigenvalue weighted by Crippen LogP contribution is 2.30. The molecule has 0 radical (unpaired) electrons. The number of anilines is 1. The van der Waals surface area contributed by atoms with Gasteiger partial charge in [-0.1, -0.05) is 41.7 Å². The average Bonchev–Trinajstić information content (AvgIpc) is 3.08. The Balaban J connectivity index is 1.82. The minimum atomic E-state index is -0.266. The average molecular weight is 354 g/mol. The van der Waals surface area contributed by atoms with Gasteiger partial charge in [0.2, 0.25) is 5.13 Å². The number of hydrogen-bond donors (Lipinski definition) is 2. The Morgan fingerprint density at radius 3 is 2.72 bits per heavy atom. The van der Waals surface area contributed by atoms with Crippen LogP contribution in [0.2, 0.25) is 0 Å². The summed E-state index contributed by atoms with van der Waals surface area (Å²) in [4.78, 5) is 12.6. The van der Waals surface area contributed by atoms with E-state index in [-0.39, 0.29) is 11.9 Å². The summed E-state index contributed by atoms with van der Waals surface area (Å²) in [7, 11) is 1.63. The zero-order chi connectivity index (χ0) is 17.8. The number of para-hydroxylation sites is 1. The van der Waals surface area contributed by atoms with Crippen LogP contribution in [0.1, 0.15) is 28.3 Å². The number of carbonyl (C=O) groups excluding carboxylic acids is 1. The fraction of sp³-hybridized carbons (Fsp3) is 0.167. The Bertz CT molecular complexity index is 894. The standard InChI is InChI=1S/C18H18N4O2S/c1-11(17-21-22-18(19)25-17)20-16(23)13-7-5-6-12(10-13)14-8-3-4-9-15(14)24-2/h3-11H,1-2H3,(H2,19,22)(H,20,23)/t11-/m1/s1. The van der Waals surface area contributed by atoms with Crippen LogP contribution in [0, 0.1) is 0 Å². The lowest BCUT2D eigenvalue weighted by Crippen LogP contribution is -2.26. The summed E-state index contributed by atoms with van der Waals surface area (Å²) < 4.78 is 5.40. The number of rotatable bonds is 5. The van der Waals surface area contributed by atoms with Crippen molar-refractivity contribution < 1.29 is 9.53 Å². The molecule has 1 aromatic heterocycles. The van der Waals surface area contributed by atoms with E-state index in [0.29, 0.717) is 15.7 Å². The van der Waals surface area contributed by atoms with Crippen molar-refractivity contribution in [2.75, 3.05) is 12.8 Å².